The smallest absolute Gasteiger partial charge is 0.323 e. The third-order valence-corrected chi connectivity index (χ3v) is 3.95. The van der Waals surface area contributed by atoms with Gasteiger partial charge in [0, 0.05) is 18.4 Å². The van der Waals surface area contributed by atoms with E-state index in [-0.39, 0.29) is 23.4 Å². The van der Waals surface area contributed by atoms with E-state index in [1.807, 2.05) is 0 Å². The molecule has 2 N–H and O–H groups in total. The van der Waals surface area contributed by atoms with Gasteiger partial charge >= 0.3 is 5.97 Å². The van der Waals surface area contributed by atoms with Crippen LogP contribution in [-0.2, 0) is 25.4 Å². The van der Waals surface area contributed by atoms with Gasteiger partial charge in [0.25, 0.3) is 0 Å². The predicted octanol–water partition coefficient (Wildman–Crippen LogP) is 1.86. The third-order valence-electron chi connectivity index (χ3n) is 3.95. The highest BCUT2D eigenvalue weighted by Crippen LogP contribution is 2.23. The van der Waals surface area contributed by atoms with Crippen molar-refractivity contribution in [3.63, 3.8) is 0 Å². The molecule has 0 bridgehead atoms. The topological polar surface area (TPSA) is 77.0 Å². The van der Waals surface area contributed by atoms with Crippen molar-refractivity contribution < 1.29 is 24.1 Å². The first kappa shape index (κ1) is 18.7. The molecule has 0 spiro atoms. The molecule has 0 saturated carbocycles. The van der Waals surface area contributed by atoms with Gasteiger partial charge in [-0.1, -0.05) is 26.0 Å². The summed E-state index contributed by atoms with van der Waals surface area (Å²) in [7, 11) is 1.38. The largest absolute Gasteiger partial charge is 0.508 e. The normalized spacial score (nSPS) is 19.0. The summed E-state index contributed by atoms with van der Waals surface area (Å²) < 4.78 is 16.2. The Morgan fingerprint density at radius 2 is 1.96 bits per heavy atom. The monoisotopic (exact) mass is 337 g/mol. The van der Waals surface area contributed by atoms with Crippen LogP contribution in [0.1, 0.15) is 25.8 Å². The molecule has 6 nitrogen and oxygen atoms in total. The van der Waals surface area contributed by atoms with Crippen LogP contribution >= 0.6 is 0 Å². The number of nitrogens with one attached hydrogen (secondary N) is 1. The molecule has 0 aliphatic carbocycles. The van der Waals surface area contributed by atoms with Gasteiger partial charge in [-0.05, 0) is 24.1 Å². The quantitative estimate of drug-likeness (QED) is 0.740. The predicted molar refractivity (Wildman–Crippen MR) is 89.7 cm³/mol. The van der Waals surface area contributed by atoms with E-state index in [0.29, 0.717) is 32.6 Å². The highest BCUT2D eigenvalue weighted by molar-refractivity contribution is 5.76. The third kappa shape index (κ3) is 5.78. The first-order valence-electron chi connectivity index (χ1n) is 8.22. The van der Waals surface area contributed by atoms with E-state index in [2.05, 4.69) is 19.2 Å². The number of methoxy groups -OCH3 is 1. The molecule has 0 unspecified atom stereocenters. The molecule has 0 aromatic heterocycles. The number of rotatable bonds is 7. The molecule has 0 radical (unpaired) electrons. The molecule has 1 fully saturated rings. The summed E-state index contributed by atoms with van der Waals surface area (Å²) in [4.78, 5) is 12.0. The summed E-state index contributed by atoms with van der Waals surface area (Å²) in [5, 5.41) is 12.5. The second-order valence-corrected chi connectivity index (χ2v) is 6.90. The van der Waals surface area contributed by atoms with Crippen molar-refractivity contribution in [2.75, 3.05) is 26.9 Å². The Kier molecular flexibility index (Phi) is 6.60. The molecule has 1 aliphatic heterocycles. The lowest BCUT2D eigenvalue weighted by molar-refractivity contribution is -0.223. The van der Waals surface area contributed by atoms with Crippen molar-refractivity contribution >= 4 is 5.97 Å². The SMILES string of the molecule is COC(=O)[C@H](Cc1ccc(O)cc1)NCCC1OCC(C)(C)CO1. The molecule has 1 aliphatic rings. The lowest BCUT2D eigenvalue weighted by atomic mass is 9.95. The zero-order valence-electron chi connectivity index (χ0n) is 14.6. The molecular weight excluding hydrogens is 310 g/mol. The first-order valence-corrected chi connectivity index (χ1v) is 8.22. The zero-order chi connectivity index (χ0) is 17.6. The van der Waals surface area contributed by atoms with Gasteiger partial charge in [-0.25, -0.2) is 0 Å². The van der Waals surface area contributed by atoms with Crippen LogP contribution in [0.3, 0.4) is 0 Å². The Bertz CT molecular complexity index is 519. The van der Waals surface area contributed by atoms with Gasteiger partial charge in [-0.2, -0.15) is 0 Å². The molecule has 2 rings (SSSR count). The number of hydrogen-bond acceptors (Lipinski definition) is 6. The van der Waals surface area contributed by atoms with Crippen molar-refractivity contribution in [2.24, 2.45) is 5.41 Å². The van der Waals surface area contributed by atoms with Crippen LogP contribution in [0.4, 0.5) is 0 Å². The summed E-state index contributed by atoms with van der Waals surface area (Å²) in [5.74, 6) is -0.106. The Morgan fingerprint density at radius 3 is 2.54 bits per heavy atom. The van der Waals surface area contributed by atoms with E-state index >= 15 is 0 Å². The maximum absolute atomic E-state index is 12.0. The standard InChI is InChI=1S/C18H27NO5/c1-18(2)11-23-16(24-12-18)8-9-19-15(17(21)22-3)10-13-4-6-14(20)7-5-13/h4-7,15-16,19-20H,8-12H2,1-3H3/t15-/m0/s1. The fraction of sp³-hybridized carbons (Fsp3) is 0.611. The summed E-state index contributed by atoms with van der Waals surface area (Å²) >= 11 is 0. The number of esters is 1. The van der Waals surface area contributed by atoms with Crippen LogP contribution in [0.25, 0.3) is 0 Å². The number of phenolic OH excluding ortho intramolecular Hbond substituents is 1. The van der Waals surface area contributed by atoms with E-state index in [0.717, 1.165) is 5.56 Å². The molecule has 6 heteroatoms. The Balaban J connectivity index is 1.81. The van der Waals surface area contributed by atoms with E-state index in [4.69, 9.17) is 14.2 Å². The maximum Gasteiger partial charge on any atom is 0.323 e. The maximum atomic E-state index is 12.0. The minimum absolute atomic E-state index is 0.0529. The van der Waals surface area contributed by atoms with Gasteiger partial charge in [-0.3, -0.25) is 4.79 Å². The Morgan fingerprint density at radius 1 is 1.33 bits per heavy atom. The van der Waals surface area contributed by atoms with Crippen LogP contribution in [0.15, 0.2) is 24.3 Å². The Hall–Kier alpha value is -1.63. The number of carbonyl (C=O) groups excluding carboxylic acids is 1. The Labute approximate surface area is 143 Å². The molecule has 1 atom stereocenters. The van der Waals surface area contributed by atoms with E-state index < -0.39 is 6.04 Å². The summed E-state index contributed by atoms with van der Waals surface area (Å²) in [6.07, 6.45) is 0.920. The summed E-state index contributed by atoms with van der Waals surface area (Å²) in [6.45, 7) is 6.14. The number of hydrogen-bond donors (Lipinski definition) is 2. The van der Waals surface area contributed by atoms with Crippen LogP contribution in [0.5, 0.6) is 5.75 Å². The summed E-state index contributed by atoms with van der Waals surface area (Å²) in [6, 6.07) is 6.36. The van der Waals surface area contributed by atoms with Gasteiger partial charge in [0.2, 0.25) is 0 Å². The van der Waals surface area contributed by atoms with Crippen molar-refractivity contribution in [3.05, 3.63) is 29.8 Å². The molecule has 1 aromatic rings. The van der Waals surface area contributed by atoms with Crippen molar-refractivity contribution in [3.8, 4) is 5.75 Å². The minimum atomic E-state index is -0.445. The molecule has 1 aromatic carbocycles. The number of ether oxygens (including phenoxy) is 3. The van der Waals surface area contributed by atoms with E-state index in [1.165, 1.54) is 7.11 Å². The zero-order valence-corrected chi connectivity index (χ0v) is 14.6. The molecule has 1 saturated heterocycles. The molecule has 134 valence electrons. The van der Waals surface area contributed by atoms with Crippen molar-refractivity contribution in [1.82, 2.24) is 5.32 Å². The number of carbonyl (C=O) groups is 1. The van der Waals surface area contributed by atoms with Gasteiger partial charge in [0.1, 0.15) is 11.8 Å². The highest BCUT2D eigenvalue weighted by atomic mass is 16.7. The van der Waals surface area contributed by atoms with Crippen molar-refractivity contribution in [2.45, 2.75) is 39.0 Å². The van der Waals surface area contributed by atoms with Gasteiger partial charge in [0.15, 0.2) is 6.29 Å². The van der Waals surface area contributed by atoms with E-state index in [9.17, 15) is 9.90 Å². The average Bonchev–Trinajstić information content (AvgIpc) is 2.56. The highest BCUT2D eigenvalue weighted by Gasteiger charge is 2.28. The molecular formula is C18H27NO5. The van der Waals surface area contributed by atoms with Crippen LogP contribution < -0.4 is 5.32 Å². The minimum Gasteiger partial charge on any atom is -0.508 e. The average molecular weight is 337 g/mol. The van der Waals surface area contributed by atoms with Crippen LogP contribution in [-0.4, -0.2) is 50.3 Å². The first-order chi connectivity index (χ1) is 11.4. The molecule has 0 amide bonds. The molecule has 1 heterocycles. The van der Waals surface area contributed by atoms with Gasteiger partial charge < -0.3 is 24.6 Å². The van der Waals surface area contributed by atoms with Crippen LogP contribution in [0, 0.1) is 5.41 Å². The van der Waals surface area contributed by atoms with Crippen molar-refractivity contribution in [1.29, 1.82) is 0 Å². The second kappa shape index (κ2) is 8.46. The number of aromatic hydroxyl groups is 1. The fourth-order valence-electron chi connectivity index (χ4n) is 2.52. The lowest BCUT2D eigenvalue weighted by Crippen LogP contribution is -2.43. The molecule has 24 heavy (non-hydrogen) atoms. The van der Waals surface area contributed by atoms with E-state index in [1.54, 1.807) is 24.3 Å². The van der Waals surface area contributed by atoms with Gasteiger partial charge in [-0.15, -0.1) is 0 Å². The second-order valence-electron chi connectivity index (χ2n) is 6.90. The number of phenols is 1. The lowest BCUT2D eigenvalue weighted by Gasteiger charge is -2.34. The van der Waals surface area contributed by atoms with Crippen LogP contribution in [0.2, 0.25) is 0 Å². The van der Waals surface area contributed by atoms with Gasteiger partial charge in [0.05, 0.1) is 20.3 Å². The fourth-order valence-corrected chi connectivity index (χ4v) is 2.52. The summed E-state index contributed by atoms with van der Waals surface area (Å²) in [5.41, 5.74) is 1.000. The number of benzene rings is 1.